The highest BCUT2D eigenvalue weighted by Crippen LogP contribution is 2.27. The van der Waals surface area contributed by atoms with Crippen LogP contribution in [0.15, 0.2) is 29.2 Å². The van der Waals surface area contributed by atoms with Gasteiger partial charge in [0.15, 0.2) is 0 Å². The molecule has 1 aromatic carbocycles. The molecule has 0 unspecified atom stereocenters. The molecule has 1 aliphatic heterocycles. The van der Waals surface area contributed by atoms with Gasteiger partial charge in [-0.25, -0.2) is 21.9 Å². The number of hydrogen-bond acceptors (Lipinski definition) is 5. The molecule has 1 amide bonds. The second-order valence-electron chi connectivity index (χ2n) is 7.04. The molecule has 160 valence electrons. The highest BCUT2D eigenvalue weighted by Gasteiger charge is 2.34. The molecule has 0 atom stereocenters. The van der Waals surface area contributed by atoms with Crippen LogP contribution in [-0.2, 0) is 21.4 Å². The standard InChI is InChI=1S/C19H21F2N5O3S/c1-13-11-18(26(24-13)8-2-7-22)23-19(27)14-5-9-25(10-6-14)30(28,29)17-12-15(20)3-4-16(17)21/h3-4,11-12,14H,2,5-6,8-10H2,1H3,(H,23,27). The molecular weight excluding hydrogens is 416 g/mol. The van der Waals surface area contributed by atoms with Crippen molar-refractivity contribution >= 4 is 21.7 Å². The SMILES string of the molecule is Cc1cc(NC(=O)C2CCN(S(=O)(=O)c3cc(F)ccc3F)CC2)n(CCC#N)n1. The van der Waals surface area contributed by atoms with Gasteiger partial charge in [-0.2, -0.15) is 14.7 Å². The summed E-state index contributed by atoms with van der Waals surface area (Å²) in [5.41, 5.74) is 0.696. The lowest BCUT2D eigenvalue weighted by Crippen LogP contribution is -2.41. The fraction of sp³-hybridized carbons (Fsp3) is 0.421. The summed E-state index contributed by atoms with van der Waals surface area (Å²) in [6.07, 6.45) is 0.734. The first kappa shape index (κ1) is 21.9. The summed E-state index contributed by atoms with van der Waals surface area (Å²) in [6, 6.07) is 6.01. The number of benzene rings is 1. The Morgan fingerprint density at radius 1 is 1.30 bits per heavy atom. The van der Waals surface area contributed by atoms with Crippen molar-refractivity contribution in [3.8, 4) is 6.07 Å². The topological polar surface area (TPSA) is 108 Å². The lowest BCUT2D eigenvalue weighted by molar-refractivity contribution is -0.121. The first-order valence-electron chi connectivity index (χ1n) is 9.40. The maximum absolute atomic E-state index is 13.9. The molecule has 0 saturated carbocycles. The number of nitrogens with zero attached hydrogens (tertiary/aromatic N) is 4. The van der Waals surface area contributed by atoms with E-state index in [1.807, 2.05) is 6.07 Å². The van der Waals surface area contributed by atoms with Gasteiger partial charge in [-0.1, -0.05) is 0 Å². The van der Waals surface area contributed by atoms with Crippen LogP contribution in [0.2, 0.25) is 0 Å². The van der Waals surface area contributed by atoms with Crippen molar-refractivity contribution in [3.05, 3.63) is 41.6 Å². The molecule has 2 heterocycles. The van der Waals surface area contributed by atoms with E-state index in [-0.39, 0.29) is 38.3 Å². The highest BCUT2D eigenvalue weighted by molar-refractivity contribution is 7.89. The van der Waals surface area contributed by atoms with Gasteiger partial charge in [0.05, 0.1) is 24.7 Å². The largest absolute Gasteiger partial charge is 0.311 e. The van der Waals surface area contributed by atoms with E-state index in [4.69, 9.17) is 5.26 Å². The summed E-state index contributed by atoms with van der Waals surface area (Å²) in [5, 5.41) is 15.8. The van der Waals surface area contributed by atoms with Gasteiger partial charge in [-0.05, 0) is 38.0 Å². The Hall–Kier alpha value is -2.84. The van der Waals surface area contributed by atoms with Gasteiger partial charge >= 0.3 is 0 Å². The number of anilines is 1. The summed E-state index contributed by atoms with van der Waals surface area (Å²) in [6.45, 7) is 2.15. The zero-order valence-corrected chi connectivity index (χ0v) is 17.1. The average molecular weight is 437 g/mol. The third-order valence-corrected chi connectivity index (χ3v) is 6.84. The smallest absolute Gasteiger partial charge is 0.246 e. The predicted molar refractivity (Wildman–Crippen MR) is 104 cm³/mol. The number of hydrogen-bond donors (Lipinski definition) is 1. The number of piperidine rings is 1. The minimum Gasteiger partial charge on any atom is -0.311 e. The molecule has 30 heavy (non-hydrogen) atoms. The molecule has 1 saturated heterocycles. The molecule has 0 bridgehead atoms. The fourth-order valence-electron chi connectivity index (χ4n) is 3.37. The average Bonchev–Trinajstić information content (AvgIpc) is 3.07. The molecule has 8 nitrogen and oxygen atoms in total. The number of nitrogens with one attached hydrogen (secondary N) is 1. The lowest BCUT2D eigenvalue weighted by atomic mass is 9.97. The summed E-state index contributed by atoms with van der Waals surface area (Å²) < 4.78 is 55.3. The van der Waals surface area contributed by atoms with Gasteiger partial charge in [0.1, 0.15) is 22.3 Å². The van der Waals surface area contributed by atoms with Gasteiger partial charge < -0.3 is 5.32 Å². The van der Waals surface area contributed by atoms with E-state index in [0.29, 0.717) is 24.1 Å². The van der Waals surface area contributed by atoms with Crippen molar-refractivity contribution in [3.63, 3.8) is 0 Å². The number of aromatic nitrogens is 2. The van der Waals surface area contributed by atoms with Gasteiger partial charge in [0.2, 0.25) is 15.9 Å². The molecule has 1 aromatic heterocycles. The minimum absolute atomic E-state index is 0.0170. The lowest BCUT2D eigenvalue weighted by Gasteiger charge is -2.30. The normalized spacial score (nSPS) is 15.7. The Labute approximate surface area is 173 Å². The number of aryl methyl sites for hydroxylation is 2. The first-order chi connectivity index (χ1) is 14.2. The van der Waals surface area contributed by atoms with Gasteiger partial charge in [-0.3, -0.25) is 4.79 Å². The van der Waals surface area contributed by atoms with E-state index < -0.39 is 32.5 Å². The van der Waals surface area contributed by atoms with Crippen molar-refractivity contribution in [1.82, 2.24) is 14.1 Å². The molecule has 0 radical (unpaired) electrons. The number of sulfonamides is 1. The number of amides is 1. The number of nitriles is 1. The summed E-state index contributed by atoms with van der Waals surface area (Å²) in [4.78, 5) is 11.9. The maximum Gasteiger partial charge on any atom is 0.246 e. The van der Waals surface area contributed by atoms with E-state index in [0.717, 1.165) is 16.4 Å². The van der Waals surface area contributed by atoms with Crippen LogP contribution in [0, 0.1) is 35.8 Å². The Kier molecular flexibility index (Phi) is 6.48. The van der Waals surface area contributed by atoms with Crippen LogP contribution in [0.25, 0.3) is 0 Å². The Balaban J connectivity index is 1.65. The quantitative estimate of drug-likeness (QED) is 0.747. The van der Waals surface area contributed by atoms with Crippen LogP contribution in [0.3, 0.4) is 0 Å². The van der Waals surface area contributed by atoms with Crippen LogP contribution in [-0.4, -0.2) is 41.5 Å². The predicted octanol–water partition coefficient (Wildman–Crippen LogP) is 2.42. The molecule has 1 aliphatic rings. The van der Waals surface area contributed by atoms with E-state index in [2.05, 4.69) is 10.4 Å². The third-order valence-electron chi connectivity index (χ3n) is 4.92. The number of carbonyl (C=O) groups is 1. The van der Waals surface area contributed by atoms with Crippen molar-refractivity contribution in [2.75, 3.05) is 18.4 Å². The molecule has 0 aliphatic carbocycles. The van der Waals surface area contributed by atoms with E-state index in [9.17, 15) is 22.0 Å². The van der Waals surface area contributed by atoms with Crippen molar-refractivity contribution in [2.24, 2.45) is 5.92 Å². The van der Waals surface area contributed by atoms with Gasteiger partial charge in [-0.15, -0.1) is 0 Å². The molecule has 1 fully saturated rings. The van der Waals surface area contributed by atoms with Crippen LogP contribution in [0.5, 0.6) is 0 Å². The van der Waals surface area contributed by atoms with E-state index in [1.54, 1.807) is 17.7 Å². The Bertz CT molecular complexity index is 1090. The Morgan fingerprint density at radius 3 is 2.67 bits per heavy atom. The van der Waals surface area contributed by atoms with E-state index >= 15 is 0 Å². The number of carbonyl (C=O) groups excluding carboxylic acids is 1. The zero-order chi connectivity index (χ0) is 21.9. The minimum atomic E-state index is -4.19. The van der Waals surface area contributed by atoms with Gasteiger partial charge in [0.25, 0.3) is 0 Å². The molecule has 0 spiro atoms. The molecular formula is C19H21F2N5O3S. The third kappa shape index (κ3) is 4.66. The van der Waals surface area contributed by atoms with Gasteiger partial charge in [0, 0.05) is 25.1 Å². The second-order valence-corrected chi connectivity index (χ2v) is 8.95. The number of halogens is 2. The van der Waals surface area contributed by atoms with E-state index in [1.165, 1.54) is 0 Å². The van der Waals surface area contributed by atoms with Crippen molar-refractivity contribution in [2.45, 2.75) is 37.6 Å². The van der Waals surface area contributed by atoms with Crippen molar-refractivity contribution < 1.29 is 22.0 Å². The summed E-state index contributed by atoms with van der Waals surface area (Å²) in [5.74, 6) is -2.09. The fourth-order valence-corrected chi connectivity index (χ4v) is 4.92. The van der Waals surface area contributed by atoms with Crippen LogP contribution < -0.4 is 5.32 Å². The number of rotatable bonds is 6. The molecule has 3 rings (SSSR count). The summed E-state index contributed by atoms with van der Waals surface area (Å²) in [7, 11) is -4.19. The zero-order valence-electron chi connectivity index (χ0n) is 16.3. The van der Waals surface area contributed by atoms with Crippen LogP contribution >= 0.6 is 0 Å². The maximum atomic E-state index is 13.9. The molecule has 2 aromatic rings. The first-order valence-corrected chi connectivity index (χ1v) is 10.8. The van der Waals surface area contributed by atoms with Crippen LogP contribution in [0.4, 0.5) is 14.6 Å². The second kappa shape index (κ2) is 8.89. The Morgan fingerprint density at radius 2 is 2.00 bits per heavy atom. The van der Waals surface area contributed by atoms with Crippen LogP contribution in [0.1, 0.15) is 25.0 Å². The highest BCUT2D eigenvalue weighted by atomic mass is 32.2. The monoisotopic (exact) mass is 437 g/mol. The molecule has 1 N–H and O–H groups in total. The summed E-state index contributed by atoms with van der Waals surface area (Å²) >= 11 is 0. The molecule has 11 heteroatoms. The van der Waals surface area contributed by atoms with Crippen molar-refractivity contribution in [1.29, 1.82) is 5.26 Å².